The van der Waals surface area contributed by atoms with Crippen LogP contribution in [0.2, 0.25) is 5.02 Å². The number of nitrogen functional groups attached to an aromatic ring is 1. The molecule has 0 saturated heterocycles. The van der Waals surface area contributed by atoms with Gasteiger partial charge in [0, 0.05) is 15.5 Å². The second-order valence-electron chi connectivity index (χ2n) is 3.65. The van der Waals surface area contributed by atoms with Crippen molar-refractivity contribution in [1.82, 2.24) is 4.98 Å². The Labute approximate surface area is 129 Å². The van der Waals surface area contributed by atoms with Gasteiger partial charge >= 0.3 is 0 Å². The second kappa shape index (κ2) is 5.51. The molecule has 0 spiro atoms. The van der Waals surface area contributed by atoms with Gasteiger partial charge in [0.1, 0.15) is 10.7 Å². The summed E-state index contributed by atoms with van der Waals surface area (Å²) in [7, 11) is -3.73. The lowest BCUT2D eigenvalue weighted by molar-refractivity contribution is 0.601. The van der Waals surface area contributed by atoms with E-state index in [0.29, 0.717) is 5.69 Å². The third-order valence-electron chi connectivity index (χ3n) is 2.23. The molecular weight excluding hydrogens is 401 g/mol. The van der Waals surface area contributed by atoms with Crippen LogP contribution in [0.4, 0.5) is 11.5 Å². The maximum Gasteiger partial charge on any atom is 0.263 e. The van der Waals surface area contributed by atoms with Crippen LogP contribution in [0.3, 0.4) is 0 Å². The standard InChI is InChI=1S/C11H9ClIN3O2S/c12-10-5-9(6-15-11(10)14)19(17,18)16-8-3-1-2-7(13)4-8/h1-6,16H,(H2,14,15). The summed E-state index contributed by atoms with van der Waals surface area (Å²) in [6.45, 7) is 0. The van der Waals surface area contributed by atoms with Gasteiger partial charge in [-0.15, -0.1) is 0 Å². The number of rotatable bonds is 3. The molecule has 0 amide bonds. The molecule has 1 heterocycles. The first-order chi connectivity index (χ1) is 8.88. The monoisotopic (exact) mass is 409 g/mol. The van der Waals surface area contributed by atoms with Crippen molar-refractivity contribution in [2.24, 2.45) is 0 Å². The summed E-state index contributed by atoms with van der Waals surface area (Å²) in [6.07, 6.45) is 1.16. The normalized spacial score (nSPS) is 11.3. The summed E-state index contributed by atoms with van der Waals surface area (Å²) in [4.78, 5) is 3.69. The van der Waals surface area contributed by atoms with Crippen LogP contribution in [0.5, 0.6) is 0 Å². The minimum absolute atomic E-state index is 0.0365. The molecule has 2 aromatic rings. The summed E-state index contributed by atoms with van der Waals surface area (Å²) in [5, 5.41) is 0.102. The maximum atomic E-state index is 12.1. The number of anilines is 2. The third kappa shape index (κ3) is 3.48. The van der Waals surface area contributed by atoms with E-state index in [-0.39, 0.29) is 15.7 Å². The van der Waals surface area contributed by atoms with Crippen molar-refractivity contribution in [3.8, 4) is 0 Å². The number of aromatic nitrogens is 1. The van der Waals surface area contributed by atoms with Crippen LogP contribution in [-0.4, -0.2) is 13.4 Å². The van der Waals surface area contributed by atoms with Crippen LogP contribution in [0.1, 0.15) is 0 Å². The van der Waals surface area contributed by atoms with Crippen LogP contribution in [0.25, 0.3) is 0 Å². The van der Waals surface area contributed by atoms with Gasteiger partial charge < -0.3 is 5.73 Å². The van der Waals surface area contributed by atoms with E-state index in [4.69, 9.17) is 17.3 Å². The molecule has 0 aliphatic heterocycles. The van der Waals surface area contributed by atoms with Crippen LogP contribution < -0.4 is 10.5 Å². The van der Waals surface area contributed by atoms with Gasteiger partial charge in [-0.1, -0.05) is 17.7 Å². The number of nitrogens with one attached hydrogen (secondary N) is 1. The Morgan fingerprint density at radius 1 is 1.32 bits per heavy atom. The van der Waals surface area contributed by atoms with E-state index in [2.05, 4.69) is 32.3 Å². The van der Waals surface area contributed by atoms with E-state index in [1.54, 1.807) is 18.2 Å². The first-order valence-corrected chi connectivity index (χ1v) is 8.02. The van der Waals surface area contributed by atoms with Gasteiger partial charge in [0.2, 0.25) is 0 Å². The largest absolute Gasteiger partial charge is 0.382 e. The lowest BCUT2D eigenvalue weighted by atomic mass is 10.3. The topological polar surface area (TPSA) is 85.1 Å². The molecule has 2 rings (SSSR count). The quantitative estimate of drug-likeness (QED) is 0.763. The zero-order chi connectivity index (χ0) is 14.0. The SMILES string of the molecule is Nc1ncc(S(=O)(=O)Nc2cccc(I)c2)cc1Cl. The smallest absolute Gasteiger partial charge is 0.263 e. The third-order valence-corrected chi connectivity index (χ3v) is 4.55. The van der Waals surface area contributed by atoms with Crippen LogP contribution >= 0.6 is 34.2 Å². The van der Waals surface area contributed by atoms with Gasteiger partial charge in [0.15, 0.2) is 0 Å². The fourth-order valence-electron chi connectivity index (χ4n) is 1.34. The molecule has 0 bridgehead atoms. The minimum Gasteiger partial charge on any atom is -0.382 e. The Morgan fingerprint density at radius 3 is 2.68 bits per heavy atom. The van der Waals surface area contributed by atoms with Gasteiger partial charge in [-0.2, -0.15) is 0 Å². The number of pyridine rings is 1. The summed E-state index contributed by atoms with van der Waals surface area (Å²) in [5.41, 5.74) is 5.92. The van der Waals surface area contributed by atoms with E-state index in [9.17, 15) is 8.42 Å². The molecule has 0 saturated carbocycles. The molecule has 100 valence electrons. The Morgan fingerprint density at radius 2 is 2.05 bits per heavy atom. The summed E-state index contributed by atoms with van der Waals surface area (Å²) < 4.78 is 27.6. The average Bonchev–Trinajstić information content (AvgIpc) is 2.32. The fourth-order valence-corrected chi connectivity index (χ4v) is 3.14. The predicted octanol–water partition coefficient (Wildman–Crippen LogP) is 2.72. The second-order valence-corrected chi connectivity index (χ2v) is 6.99. The van der Waals surface area contributed by atoms with Crippen molar-refractivity contribution in [1.29, 1.82) is 0 Å². The van der Waals surface area contributed by atoms with Crippen LogP contribution in [0, 0.1) is 3.57 Å². The highest BCUT2D eigenvalue weighted by Gasteiger charge is 2.16. The Hall–Kier alpha value is -1.06. The molecule has 0 unspecified atom stereocenters. The molecule has 0 aliphatic carbocycles. The summed E-state index contributed by atoms with van der Waals surface area (Å²) in [6, 6.07) is 8.25. The number of halogens is 2. The molecule has 8 heteroatoms. The number of benzene rings is 1. The van der Waals surface area contributed by atoms with Gasteiger partial charge in [0.05, 0.1) is 5.02 Å². The molecular formula is C11H9ClIN3O2S. The van der Waals surface area contributed by atoms with E-state index in [1.165, 1.54) is 6.07 Å². The zero-order valence-electron chi connectivity index (χ0n) is 9.47. The molecule has 5 nitrogen and oxygen atoms in total. The maximum absolute atomic E-state index is 12.1. The number of hydrogen-bond acceptors (Lipinski definition) is 4. The zero-order valence-corrected chi connectivity index (χ0v) is 13.2. The van der Waals surface area contributed by atoms with Crippen LogP contribution in [0.15, 0.2) is 41.4 Å². The highest BCUT2D eigenvalue weighted by molar-refractivity contribution is 14.1. The number of nitrogens with two attached hydrogens (primary N) is 1. The van der Waals surface area contributed by atoms with Gasteiger partial charge in [-0.25, -0.2) is 13.4 Å². The van der Waals surface area contributed by atoms with Gasteiger partial charge in [0.25, 0.3) is 10.0 Å². The lowest BCUT2D eigenvalue weighted by Gasteiger charge is -2.08. The Kier molecular flexibility index (Phi) is 4.16. The molecule has 1 aromatic heterocycles. The van der Waals surface area contributed by atoms with E-state index in [1.807, 2.05) is 6.07 Å². The van der Waals surface area contributed by atoms with Crippen molar-refractivity contribution < 1.29 is 8.42 Å². The average molecular weight is 410 g/mol. The minimum atomic E-state index is -3.73. The predicted molar refractivity (Wildman–Crippen MR) is 83.6 cm³/mol. The molecule has 0 fully saturated rings. The first-order valence-electron chi connectivity index (χ1n) is 5.08. The van der Waals surface area contributed by atoms with Crippen molar-refractivity contribution >= 4 is 55.7 Å². The highest BCUT2D eigenvalue weighted by Crippen LogP contribution is 2.22. The summed E-state index contributed by atoms with van der Waals surface area (Å²) >= 11 is 7.86. The Bertz CT molecular complexity index is 722. The number of nitrogens with zero attached hydrogens (tertiary/aromatic N) is 1. The Balaban J connectivity index is 2.35. The van der Waals surface area contributed by atoms with Crippen molar-refractivity contribution in [3.63, 3.8) is 0 Å². The summed E-state index contributed by atoms with van der Waals surface area (Å²) in [5.74, 6) is 0.0925. The molecule has 0 atom stereocenters. The van der Waals surface area contributed by atoms with E-state index >= 15 is 0 Å². The van der Waals surface area contributed by atoms with Gasteiger partial charge in [-0.05, 0) is 46.9 Å². The van der Waals surface area contributed by atoms with Crippen molar-refractivity contribution in [2.75, 3.05) is 10.5 Å². The first kappa shape index (κ1) is 14.4. The molecule has 0 aliphatic rings. The molecule has 1 aromatic carbocycles. The highest BCUT2D eigenvalue weighted by atomic mass is 127. The molecule has 3 N–H and O–H groups in total. The van der Waals surface area contributed by atoms with Crippen molar-refractivity contribution in [3.05, 3.63) is 45.1 Å². The fraction of sp³-hybridized carbons (Fsp3) is 0. The van der Waals surface area contributed by atoms with Crippen LogP contribution in [-0.2, 0) is 10.0 Å². The van der Waals surface area contributed by atoms with E-state index < -0.39 is 10.0 Å². The molecule has 0 radical (unpaired) electrons. The van der Waals surface area contributed by atoms with Crippen molar-refractivity contribution in [2.45, 2.75) is 4.90 Å². The number of sulfonamides is 1. The van der Waals surface area contributed by atoms with Gasteiger partial charge in [-0.3, -0.25) is 4.72 Å². The number of hydrogen-bond donors (Lipinski definition) is 2. The lowest BCUT2D eigenvalue weighted by Crippen LogP contribution is -2.13. The molecule has 19 heavy (non-hydrogen) atoms. The van der Waals surface area contributed by atoms with E-state index in [0.717, 1.165) is 9.77 Å².